The molecule has 1 saturated carbocycles. The van der Waals surface area contributed by atoms with Crippen LogP contribution >= 0.6 is 22.2 Å². The molecule has 1 aliphatic carbocycles. The van der Waals surface area contributed by atoms with Crippen LogP contribution in [0.15, 0.2) is 109 Å². The van der Waals surface area contributed by atoms with Crippen LogP contribution in [0.3, 0.4) is 0 Å². The van der Waals surface area contributed by atoms with Crippen molar-refractivity contribution in [2.45, 2.75) is 110 Å². The summed E-state index contributed by atoms with van der Waals surface area (Å²) in [6.07, 6.45) is 6.61. The van der Waals surface area contributed by atoms with Crippen LogP contribution < -0.4 is 0 Å². The zero-order valence-corrected chi connectivity index (χ0v) is 37.2. The molecule has 0 nitrogen and oxygen atoms in total. The van der Waals surface area contributed by atoms with E-state index in [2.05, 4.69) is 165 Å². The van der Waals surface area contributed by atoms with Gasteiger partial charge in [0.05, 0.1) is 0 Å². The van der Waals surface area contributed by atoms with E-state index in [1.807, 2.05) is 6.55 Å². The van der Waals surface area contributed by atoms with Crippen LogP contribution in [0, 0.1) is 13.8 Å². The zero-order chi connectivity index (χ0) is 36.3. The van der Waals surface area contributed by atoms with Crippen LogP contribution in [-0.2, 0) is 37.0 Å². The molecular formula is C47H56Cl2SiZr. The standard InChI is InChI=1S/2C20H21.C7H14Cl2Si.Zr/c2*1-14-12-16-6-5-7-18(19(16)13-14)15-8-10-17(11-9-15)20(2,3)4;1-10(8,9)7-5-3-2-4-6-7;/h2*5-13H,1-4H3;7H,2-6H2,1H3;/q2*-1;;+2. The Labute approximate surface area is 338 Å². The van der Waals surface area contributed by atoms with Crippen molar-refractivity contribution in [3.05, 3.63) is 131 Å². The monoisotopic (exact) mass is 808 g/mol. The number of rotatable bonds is 3. The largest absolute Gasteiger partial charge is 2.00 e. The Morgan fingerprint density at radius 2 is 0.941 bits per heavy atom. The van der Waals surface area contributed by atoms with Crippen LogP contribution in [0.25, 0.3) is 43.8 Å². The first-order valence-corrected chi connectivity index (χ1v) is 23.0. The maximum Gasteiger partial charge on any atom is 2.00 e. The minimum absolute atomic E-state index is 0. The van der Waals surface area contributed by atoms with Gasteiger partial charge in [-0.3, -0.25) is 0 Å². The van der Waals surface area contributed by atoms with Gasteiger partial charge < -0.3 is 0 Å². The third-order valence-electron chi connectivity index (χ3n) is 10.2. The van der Waals surface area contributed by atoms with E-state index in [1.165, 1.54) is 98.2 Å². The topological polar surface area (TPSA) is 0 Å². The second kappa shape index (κ2) is 17.3. The van der Waals surface area contributed by atoms with Crippen molar-refractivity contribution >= 4 is 50.4 Å². The van der Waals surface area contributed by atoms with Crippen molar-refractivity contribution in [1.82, 2.24) is 0 Å². The summed E-state index contributed by atoms with van der Waals surface area (Å²) < 4.78 is 0. The molecule has 6 aromatic rings. The fraction of sp³-hybridized carbons (Fsp3) is 0.362. The second-order valence-electron chi connectivity index (χ2n) is 16.6. The Morgan fingerprint density at radius 3 is 1.25 bits per heavy atom. The molecule has 0 spiro atoms. The number of aryl methyl sites for hydroxylation is 2. The zero-order valence-electron chi connectivity index (χ0n) is 32.3. The van der Waals surface area contributed by atoms with Crippen molar-refractivity contribution in [3.63, 3.8) is 0 Å². The predicted octanol–water partition coefficient (Wildman–Crippen LogP) is 15.5. The van der Waals surface area contributed by atoms with Crippen molar-refractivity contribution in [3.8, 4) is 22.3 Å². The Balaban J connectivity index is 0.000000180. The Morgan fingerprint density at radius 1 is 0.569 bits per heavy atom. The number of fused-ring (bicyclic) bond motifs is 2. The molecule has 0 saturated heterocycles. The molecule has 6 aromatic carbocycles. The molecule has 1 aliphatic rings. The van der Waals surface area contributed by atoms with Crippen molar-refractivity contribution < 1.29 is 26.2 Å². The Kier molecular flexibility index (Phi) is 14.1. The van der Waals surface area contributed by atoms with Gasteiger partial charge in [0.2, 0.25) is 0 Å². The van der Waals surface area contributed by atoms with Crippen LogP contribution in [0.5, 0.6) is 0 Å². The minimum Gasteiger partial charge on any atom is -0.165 e. The molecule has 0 N–H and O–H groups in total. The van der Waals surface area contributed by atoms with Crippen molar-refractivity contribution in [2.75, 3.05) is 0 Å². The summed E-state index contributed by atoms with van der Waals surface area (Å²) in [5, 5.41) is 5.38. The minimum atomic E-state index is -1.81. The van der Waals surface area contributed by atoms with Gasteiger partial charge in [-0.05, 0) is 45.2 Å². The number of benzene rings is 4. The van der Waals surface area contributed by atoms with Crippen molar-refractivity contribution in [1.29, 1.82) is 0 Å². The molecule has 4 heteroatoms. The number of halogens is 2. The van der Waals surface area contributed by atoms with Gasteiger partial charge in [0.1, 0.15) is 0 Å². The first-order valence-electron chi connectivity index (χ1n) is 18.4. The van der Waals surface area contributed by atoms with Crippen LogP contribution in [0.2, 0.25) is 12.1 Å². The number of hydrogen-bond acceptors (Lipinski definition) is 0. The van der Waals surface area contributed by atoms with E-state index in [9.17, 15) is 0 Å². The summed E-state index contributed by atoms with van der Waals surface area (Å²) in [6.45, 7) is 18.1. The summed E-state index contributed by atoms with van der Waals surface area (Å²) in [5.74, 6) is 0. The summed E-state index contributed by atoms with van der Waals surface area (Å²) >= 11 is 12.2. The quantitative estimate of drug-likeness (QED) is 0.0949. The molecule has 266 valence electrons. The second-order valence-corrected chi connectivity index (χ2v) is 24.6. The molecule has 0 aromatic heterocycles. The molecule has 0 bridgehead atoms. The van der Waals surface area contributed by atoms with Gasteiger partial charge in [-0.1, -0.05) is 159 Å². The molecule has 0 amide bonds. The van der Waals surface area contributed by atoms with E-state index in [-0.39, 0.29) is 37.0 Å². The van der Waals surface area contributed by atoms with Gasteiger partial charge in [-0.15, -0.1) is 91.2 Å². The fourth-order valence-corrected chi connectivity index (χ4v) is 9.91. The molecular weight excluding hydrogens is 755 g/mol. The maximum absolute atomic E-state index is 6.12. The van der Waals surface area contributed by atoms with E-state index in [0.717, 1.165) is 0 Å². The van der Waals surface area contributed by atoms with E-state index < -0.39 is 6.69 Å². The van der Waals surface area contributed by atoms with Gasteiger partial charge in [-0.2, -0.15) is 12.1 Å². The van der Waals surface area contributed by atoms with Crippen molar-refractivity contribution in [2.24, 2.45) is 0 Å². The first kappa shape index (κ1) is 41.5. The van der Waals surface area contributed by atoms with Crippen LogP contribution in [0.4, 0.5) is 0 Å². The summed E-state index contributed by atoms with van der Waals surface area (Å²) in [6, 6.07) is 40.2. The summed E-state index contributed by atoms with van der Waals surface area (Å²) in [4.78, 5) is 0. The Hall–Kier alpha value is -2.22. The average molecular weight is 811 g/mol. The molecule has 0 unspecified atom stereocenters. The van der Waals surface area contributed by atoms with E-state index in [0.29, 0.717) is 5.54 Å². The Bertz CT molecular complexity index is 1850. The fourth-order valence-electron chi connectivity index (χ4n) is 7.18. The van der Waals surface area contributed by atoms with Crippen LogP contribution in [0.1, 0.15) is 95.9 Å². The first-order chi connectivity index (χ1) is 23.5. The molecule has 1 fully saturated rings. The van der Waals surface area contributed by atoms with E-state index >= 15 is 0 Å². The molecule has 0 radical (unpaired) electrons. The van der Waals surface area contributed by atoms with E-state index in [4.69, 9.17) is 22.2 Å². The van der Waals surface area contributed by atoms with Gasteiger partial charge in [0.15, 0.2) is 0 Å². The maximum atomic E-state index is 6.12. The molecule has 0 aliphatic heterocycles. The molecule has 0 atom stereocenters. The normalized spacial score (nSPS) is 13.9. The van der Waals surface area contributed by atoms with Crippen LogP contribution in [-0.4, -0.2) is 6.69 Å². The van der Waals surface area contributed by atoms with Gasteiger partial charge in [-0.25, -0.2) is 0 Å². The summed E-state index contributed by atoms with van der Waals surface area (Å²) in [7, 11) is 0. The predicted molar refractivity (Wildman–Crippen MR) is 227 cm³/mol. The molecule has 7 rings (SSSR count). The van der Waals surface area contributed by atoms with Gasteiger partial charge >= 0.3 is 26.2 Å². The third kappa shape index (κ3) is 10.9. The third-order valence-corrected chi connectivity index (χ3v) is 14.1. The van der Waals surface area contributed by atoms with Gasteiger partial charge in [0, 0.05) is 0 Å². The summed E-state index contributed by atoms with van der Waals surface area (Å²) in [5.41, 5.74) is 11.8. The SMILES string of the molecule is C[Si](Cl)(Cl)C1CCCCC1.Cc1cc2c(-c3ccc(C(C)(C)C)cc3)cccc2[cH-]1.Cc1cc2c(-c3ccc(C(C)(C)C)cc3)cccc2[cH-]1.[Zr+2]. The smallest absolute Gasteiger partial charge is 0.165 e. The van der Waals surface area contributed by atoms with E-state index in [1.54, 1.807) is 0 Å². The average Bonchev–Trinajstić information content (AvgIpc) is 3.65. The van der Waals surface area contributed by atoms with Gasteiger partial charge in [0.25, 0.3) is 6.69 Å². The number of hydrogen-bond donors (Lipinski definition) is 0. The molecule has 0 heterocycles. The molecule has 51 heavy (non-hydrogen) atoms.